The third kappa shape index (κ3) is 4.84. The van der Waals surface area contributed by atoms with Crippen molar-refractivity contribution in [2.45, 2.75) is 32.5 Å². The van der Waals surface area contributed by atoms with Gasteiger partial charge in [0.15, 0.2) is 0 Å². The van der Waals surface area contributed by atoms with Crippen LogP contribution in [0.3, 0.4) is 0 Å². The first-order valence-corrected chi connectivity index (χ1v) is 8.85. The van der Waals surface area contributed by atoms with Gasteiger partial charge in [0.2, 0.25) is 5.91 Å². The maximum atomic E-state index is 11.6. The number of hydrogen-bond acceptors (Lipinski definition) is 4. The highest BCUT2D eigenvalue weighted by atomic mass is 16.5. The van der Waals surface area contributed by atoms with Gasteiger partial charge in [-0.2, -0.15) is 5.26 Å². The summed E-state index contributed by atoms with van der Waals surface area (Å²) in [6.07, 6.45) is 0.533. The Hall–Kier alpha value is -2.84. The highest BCUT2D eigenvalue weighted by molar-refractivity contribution is 5.76. The van der Waals surface area contributed by atoms with Crippen LogP contribution >= 0.6 is 0 Å². The number of rotatable bonds is 5. The van der Waals surface area contributed by atoms with Crippen molar-refractivity contribution < 1.29 is 9.53 Å². The number of amides is 1. The number of benzene rings is 2. The molecule has 5 nitrogen and oxygen atoms in total. The second-order valence-corrected chi connectivity index (χ2v) is 6.62. The van der Waals surface area contributed by atoms with Gasteiger partial charge in [0.25, 0.3) is 0 Å². The molecule has 0 saturated carbocycles. The lowest BCUT2D eigenvalue weighted by Crippen LogP contribution is -2.33. The zero-order valence-corrected chi connectivity index (χ0v) is 14.9. The standard InChI is InChI=1S/C21H23N3O2/c1-16-10-21(25)23-8-9-24(16)14-18-5-3-7-20(12-18)26-15-19-6-2-4-17(11-19)13-22/h2-7,11-12,16H,8-10,14-15H2,1H3,(H,23,25). The zero-order valence-electron chi connectivity index (χ0n) is 14.9. The maximum Gasteiger partial charge on any atom is 0.221 e. The van der Waals surface area contributed by atoms with E-state index in [1.165, 1.54) is 0 Å². The molecule has 0 bridgehead atoms. The fourth-order valence-electron chi connectivity index (χ4n) is 3.13. The van der Waals surface area contributed by atoms with Gasteiger partial charge in [-0.1, -0.05) is 24.3 Å². The van der Waals surface area contributed by atoms with E-state index < -0.39 is 0 Å². The Morgan fingerprint density at radius 3 is 2.88 bits per heavy atom. The zero-order chi connectivity index (χ0) is 18.4. The monoisotopic (exact) mass is 349 g/mol. The van der Waals surface area contributed by atoms with Gasteiger partial charge in [-0.25, -0.2) is 0 Å². The van der Waals surface area contributed by atoms with E-state index >= 15 is 0 Å². The van der Waals surface area contributed by atoms with Crippen molar-refractivity contribution in [1.29, 1.82) is 5.26 Å². The van der Waals surface area contributed by atoms with Crippen molar-refractivity contribution in [2.75, 3.05) is 13.1 Å². The minimum atomic E-state index is 0.122. The summed E-state index contributed by atoms with van der Waals surface area (Å²) in [7, 11) is 0. The molecule has 1 N–H and O–H groups in total. The molecule has 5 heteroatoms. The summed E-state index contributed by atoms with van der Waals surface area (Å²) in [6.45, 7) is 4.84. The molecule has 1 aliphatic rings. The molecule has 1 atom stereocenters. The molecule has 1 heterocycles. The lowest BCUT2D eigenvalue weighted by Gasteiger charge is -2.26. The molecule has 1 amide bonds. The van der Waals surface area contributed by atoms with Crippen LogP contribution < -0.4 is 10.1 Å². The van der Waals surface area contributed by atoms with Crippen molar-refractivity contribution in [3.05, 3.63) is 65.2 Å². The smallest absolute Gasteiger partial charge is 0.221 e. The first-order valence-electron chi connectivity index (χ1n) is 8.85. The van der Waals surface area contributed by atoms with Gasteiger partial charge in [-0.15, -0.1) is 0 Å². The topological polar surface area (TPSA) is 65.4 Å². The minimum Gasteiger partial charge on any atom is -0.489 e. The predicted octanol–water partition coefficient (Wildman–Crippen LogP) is 2.85. The Bertz CT molecular complexity index is 813. The van der Waals surface area contributed by atoms with Crippen LogP contribution in [-0.2, 0) is 17.9 Å². The summed E-state index contributed by atoms with van der Waals surface area (Å²) < 4.78 is 5.90. The van der Waals surface area contributed by atoms with Crippen LogP contribution in [0.2, 0.25) is 0 Å². The van der Waals surface area contributed by atoms with Crippen LogP contribution in [0, 0.1) is 11.3 Å². The Kier molecular flexibility index (Phi) is 5.88. The van der Waals surface area contributed by atoms with E-state index in [0.29, 0.717) is 25.1 Å². The summed E-state index contributed by atoms with van der Waals surface area (Å²) in [5, 5.41) is 11.9. The molecule has 1 fully saturated rings. The van der Waals surface area contributed by atoms with E-state index in [1.54, 1.807) is 6.07 Å². The third-order valence-electron chi connectivity index (χ3n) is 4.57. The van der Waals surface area contributed by atoms with Crippen LogP contribution in [0.1, 0.15) is 30.0 Å². The highest BCUT2D eigenvalue weighted by Crippen LogP contribution is 2.19. The molecule has 1 saturated heterocycles. The quantitative estimate of drug-likeness (QED) is 0.901. The fourth-order valence-corrected chi connectivity index (χ4v) is 3.13. The summed E-state index contributed by atoms with van der Waals surface area (Å²) in [5.74, 6) is 0.929. The predicted molar refractivity (Wildman–Crippen MR) is 99.4 cm³/mol. The average Bonchev–Trinajstić information content (AvgIpc) is 2.81. The van der Waals surface area contributed by atoms with Crippen LogP contribution in [0.25, 0.3) is 0 Å². The highest BCUT2D eigenvalue weighted by Gasteiger charge is 2.20. The van der Waals surface area contributed by atoms with Gasteiger partial charge >= 0.3 is 0 Å². The number of nitrogens with one attached hydrogen (secondary N) is 1. The molecule has 1 unspecified atom stereocenters. The number of nitrogens with zero attached hydrogens (tertiary/aromatic N) is 2. The third-order valence-corrected chi connectivity index (χ3v) is 4.57. The van der Waals surface area contributed by atoms with Gasteiger partial charge in [0.1, 0.15) is 12.4 Å². The van der Waals surface area contributed by atoms with Crippen LogP contribution in [-0.4, -0.2) is 29.9 Å². The molecule has 0 spiro atoms. The molecular formula is C21H23N3O2. The van der Waals surface area contributed by atoms with Gasteiger partial charge in [0, 0.05) is 32.1 Å². The second kappa shape index (κ2) is 8.50. The fraction of sp³-hybridized carbons (Fsp3) is 0.333. The Morgan fingerprint density at radius 1 is 1.23 bits per heavy atom. The van der Waals surface area contributed by atoms with Gasteiger partial charge in [0.05, 0.1) is 11.6 Å². The Labute approximate surface area is 154 Å². The summed E-state index contributed by atoms with van der Waals surface area (Å²) in [5.41, 5.74) is 2.77. The van der Waals surface area contributed by atoms with E-state index in [0.717, 1.165) is 30.0 Å². The van der Waals surface area contributed by atoms with E-state index in [-0.39, 0.29) is 11.9 Å². The van der Waals surface area contributed by atoms with Crippen molar-refractivity contribution in [1.82, 2.24) is 10.2 Å². The first kappa shape index (κ1) is 18.0. The molecular weight excluding hydrogens is 326 g/mol. The molecule has 0 radical (unpaired) electrons. The molecule has 2 aromatic rings. The number of carbonyl (C=O) groups excluding carboxylic acids is 1. The van der Waals surface area contributed by atoms with Crippen LogP contribution in [0.15, 0.2) is 48.5 Å². The molecule has 0 aliphatic carbocycles. The molecule has 0 aromatic heterocycles. The molecule has 134 valence electrons. The number of nitriles is 1. The molecule has 26 heavy (non-hydrogen) atoms. The second-order valence-electron chi connectivity index (χ2n) is 6.62. The van der Waals surface area contributed by atoms with E-state index in [1.807, 2.05) is 36.4 Å². The molecule has 2 aromatic carbocycles. The lowest BCUT2D eigenvalue weighted by molar-refractivity contribution is -0.121. The van der Waals surface area contributed by atoms with E-state index in [2.05, 4.69) is 29.3 Å². The molecule has 1 aliphatic heterocycles. The Balaban J connectivity index is 1.62. The van der Waals surface area contributed by atoms with Crippen molar-refractivity contribution in [2.24, 2.45) is 0 Å². The largest absolute Gasteiger partial charge is 0.489 e. The normalized spacial score (nSPS) is 17.8. The number of carbonyl (C=O) groups is 1. The summed E-state index contributed by atoms with van der Waals surface area (Å²) in [4.78, 5) is 13.9. The van der Waals surface area contributed by atoms with Crippen LogP contribution in [0.4, 0.5) is 0 Å². The van der Waals surface area contributed by atoms with Gasteiger partial charge in [-0.3, -0.25) is 9.69 Å². The SMILES string of the molecule is CC1CC(=O)NCCN1Cc1cccc(OCc2cccc(C#N)c2)c1. The summed E-state index contributed by atoms with van der Waals surface area (Å²) >= 11 is 0. The first-order chi connectivity index (χ1) is 12.6. The van der Waals surface area contributed by atoms with E-state index in [4.69, 9.17) is 10.00 Å². The van der Waals surface area contributed by atoms with Crippen molar-refractivity contribution in [3.63, 3.8) is 0 Å². The minimum absolute atomic E-state index is 0.122. The Morgan fingerprint density at radius 2 is 2.04 bits per heavy atom. The number of hydrogen-bond donors (Lipinski definition) is 1. The average molecular weight is 349 g/mol. The van der Waals surface area contributed by atoms with Crippen molar-refractivity contribution in [3.8, 4) is 11.8 Å². The van der Waals surface area contributed by atoms with Crippen molar-refractivity contribution >= 4 is 5.91 Å². The number of ether oxygens (including phenoxy) is 1. The van der Waals surface area contributed by atoms with E-state index in [9.17, 15) is 4.79 Å². The van der Waals surface area contributed by atoms with Gasteiger partial charge < -0.3 is 10.1 Å². The van der Waals surface area contributed by atoms with Crippen LogP contribution in [0.5, 0.6) is 5.75 Å². The molecule has 3 rings (SSSR count). The lowest BCUT2D eigenvalue weighted by atomic mass is 10.1. The van der Waals surface area contributed by atoms with Gasteiger partial charge in [-0.05, 0) is 42.3 Å². The maximum absolute atomic E-state index is 11.6. The summed E-state index contributed by atoms with van der Waals surface area (Å²) in [6, 6.07) is 17.9.